The topological polar surface area (TPSA) is 89.0 Å². The minimum Gasteiger partial charge on any atom is -0.508 e. The SMILES string of the molecule is CCNC(=NCCNC(=O)c1ccc(O)cc1)NC1CCN(CC2CCCCC2)CC1.I. The van der Waals surface area contributed by atoms with E-state index in [0.717, 1.165) is 44.4 Å². The maximum absolute atomic E-state index is 12.1. The molecule has 1 aromatic carbocycles. The van der Waals surface area contributed by atoms with Crippen LogP contribution in [0.5, 0.6) is 5.75 Å². The molecular formula is C24H40IN5O2. The summed E-state index contributed by atoms with van der Waals surface area (Å²) in [4.78, 5) is 19.4. The van der Waals surface area contributed by atoms with Gasteiger partial charge in [0.2, 0.25) is 0 Å². The van der Waals surface area contributed by atoms with Gasteiger partial charge in [0.25, 0.3) is 5.91 Å². The lowest BCUT2D eigenvalue weighted by Crippen LogP contribution is -2.49. The summed E-state index contributed by atoms with van der Waals surface area (Å²) in [5, 5.41) is 19.1. The van der Waals surface area contributed by atoms with Crippen LogP contribution in [-0.4, -0.2) is 67.2 Å². The number of phenols is 1. The second-order valence-corrected chi connectivity index (χ2v) is 8.79. The number of aliphatic imine (C=N–C) groups is 1. The second-order valence-electron chi connectivity index (χ2n) is 8.79. The highest BCUT2D eigenvalue weighted by atomic mass is 127. The van der Waals surface area contributed by atoms with Gasteiger partial charge >= 0.3 is 0 Å². The van der Waals surface area contributed by atoms with Gasteiger partial charge in [0.15, 0.2) is 5.96 Å². The highest BCUT2D eigenvalue weighted by Crippen LogP contribution is 2.25. The van der Waals surface area contributed by atoms with Crippen molar-refractivity contribution in [2.75, 3.05) is 39.3 Å². The van der Waals surface area contributed by atoms with E-state index >= 15 is 0 Å². The van der Waals surface area contributed by atoms with Gasteiger partial charge in [-0.05, 0) is 62.8 Å². The zero-order valence-corrected chi connectivity index (χ0v) is 21.6. The zero-order chi connectivity index (χ0) is 21.9. The second kappa shape index (κ2) is 14.6. The molecule has 0 aromatic heterocycles. The Morgan fingerprint density at radius 3 is 2.41 bits per heavy atom. The lowest BCUT2D eigenvalue weighted by atomic mass is 9.88. The van der Waals surface area contributed by atoms with Crippen LogP contribution in [0.25, 0.3) is 0 Å². The molecule has 1 saturated carbocycles. The predicted octanol–water partition coefficient (Wildman–Crippen LogP) is 3.34. The maximum atomic E-state index is 12.1. The van der Waals surface area contributed by atoms with Crippen LogP contribution < -0.4 is 16.0 Å². The van der Waals surface area contributed by atoms with Crippen molar-refractivity contribution in [3.05, 3.63) is 29.8 Å². The summed E-state index contributed by atoms with van der Waals surface area (Å²) in [5.41, 5.74) is 0.534. The van der Waals surface area contributed by atoms with E-state index in [1.807, 2.05) is 0 Å². The minimum absolute atomic E-state index is 0. The highest BCUT2D eigenvalue weighted by molar-refractivity contribution is 14.0. The molecular weight excluding hydrogens is 517 g/mol. The molecule has 0 bridgehead atoms. The van der Waals surface area contributed by atoms with Crippen LogP contribution in [0.15, 0.2) is 29.3 Å². The number of piperidine rings is 1. The van der Waals surface area contributed by atoms with Gasteiger partial charge < -0.3 is 26.0 Å². The molecule has 2 fully saturated rings. The van der Waals surface area contributed by atoms with Crippen molar-refractivity contribution in [3.8, 4) is 5.75 Å². The third kappa shape index (κ3) is 9.13. The molecule has 7 nitrogen and oxygen atoms in total. The molecule has 32 heavy (non-hydrogen) atoms. The molecule has 8 heteroatoms. The Morgan fingerprint density at radius 1 is 1.06 bits per heavy atom. The van der Waals surface area contributed by atoms with E-state index in [2.05, 4.69) is 32.8 Å². The van der Waals surface area contributed by atoms with Crippen LogP contribution in [0.2, 0.25) is 0 Å². The van der Waals surface area contributed by atoms with Gasteiger partial charge in [0.05, 0.1) is 6.54 Å². The lowest BCUT2D eigenvalue weighted by molar-refractivity contribution is 0.0955. The molecule has 4 N–H and O–H groups in total. The van der Waals surface area contributed by atoms with Crippen LogP contribution in [0.1, 0.15) is 62.2 Å². The standard InChI is InChI=1S/C24H39N5O2.HI/c1-2-25-24(27-15-14-26-23(31)20-8-10-22(30)11-9-20)28-21-12-16-29(17-13-21)18-19-6-4-3-5-7-19;/h8-11,19,21,30H,2-7,12-18H2,1H3,(H,26,31)(H2,25,27,28);1H. The summed E-state index contributed by atoms with van der Waals surface area (Å²) in [5.74, 6) is 1.74. The number of halogens is 1. The number of carbonyl (C=O) groups is 1. The molecule has 1 aliphatic carbocycles. The number of carbonyl (C=O) groups excluding carboxylic acids is 1. The van der Waals surface area contributed by atoms with E-state index < -0.39 is 0 Å². The van der Waals surface area contributed by atoms with E-state index in [-0.39, 0.29) is 35.6 Å². The van der Waals surface area contributed by atoms with Gasteiger partial charge in [-0.15, -0.1) is 24.0 Å². The molecule has 180 valence electrons. The van der Waals surface area contributed by atoms with Crippen LogP contribution in [0.3, 0.4) is 0 Å². The number of benzene rings is 1. The Hall–Kier alpha value is -1.55. The Balaban J connectivity index is 0.00000363. The summed E-state index contributed by atoms with van der Waals surface area (Å²) in [6, 6.07) is 6.70. The first-order valence-electron chi connectivity index (χ1n) is 12.0. The van der Waals surface area contributed by atoms with Crippen molar-refractivity contribution in [3.63, 3.8) is 0 Å². The van der Waals surface area contributed by atoms with E-state index in [9.17, 15) is 9.90 Å². The first kappa shape index (κ1) is 26.7. The molecule has 1 heterocycles. The average molecular weight is 558 g/mol. The number of nitrogens with one attached hydrogen (secondary N) is 3. The molecule has 0 radical (unpaired) electrons. The number of amides is 1. The quantitative estimate of drug-likeness (QED) is 0.171. The fourth-order valence-corrected chi connectivity index (χ4v) is 4.56. The summed E-state index contributed by atoms with van der Waals surface area (Å²) in [6.45, 7) is 7.47. The van der Waals surface area contributed by atoms with Crippen LogP contribution >= 0.6 is 24.0 Å². The van der Waals surface area contributed by atoms with Crippen molar-refractivity contribution >= 4 is 35.8 Å². The number of hydrogen-bond acceptors (Lipinski definition) is 4. The van der Waals surface area contributed by atoms with Crippen molar-refractivity contribution < 1.29 is 9.90 Å². The normalized spacial score (nSPS) is 18.6. The third-order valence-electron chi connectivity index (χ3n) is 6.31. The zero-order valence-electron chi connectivity index (χ0n) is 19.3. The van der Waals surface area contributed by atoms with Crippen LogP contribution in [0, 0.1) is 5.92 Å². The Morgan fingerprint density at radius 2 is 1.75 bits per heavy atom. The number of aromatic hydroxyl groups is 1. The van der Waals surface area contributed by atoms with E-state index in [1.54, 1.807) is 12.1 Å². The fraction of sp³-hybridized carbons (Fsp3) is 0.667. The van der Waals surface area contributed by atoms with Gasteiger partial charge in [-0.1, -0.05) is 19.3 Å². The Bertz CT molecular complexity index is 699. The number of guanidine groups is 1. The van der Waals surface area contributed by atoms with Crippen molar-refractivity contribution in [1.82, 2.24) is 20.9 Å². The predicted molar refractivity (Wildman–Crippen MR) is 141 cm³/mol. The van der Waals surface area contributed by atoms with Crippen molar-refractivity contribution in [2.45, 2.75) is 57.9 Å². The van der Waals surface area contributed by atoms with Crippen molar-refractivity contribution in [2.24, 2.45) is 10.9 Å². The number of phenolic OH excluding ortho intramolecular Hbond substituents is 1. The van der Waals surface area contributed by atoms with Crippen LogP contribution in [0.4, 0.5) is 0 Å². The molecule has 1 aromatic rings. The van der Waals surface area contributed by atoms with Gasteiger partial charge in [-0.2, -0.15) is 0 Å². The van der Waals surface area contributed by atoms with Gasteiger partial charge in [-0.3, -0.25) is 9.79 Å². The molecule has 0 spiro atoms. The van der Waals surface area contributed by atoms with E-state index in [0.29, 0.717) is 24.7 Å². The van der Waals surface area contributed by atoms with Gasteiger partial charge in [-0.25, -0.2) is 0 Å². The number of rotatable bonds is 8. The summed E-state index contributed by atoms with van der Waals surface area (Å²) in [7, 11) is 0. The van der Waals surface area contributed by atoms with Gasteiger partial charge in [0.1, 0.15) is 5.75 Å². The third-order valence-corrected chi connectivity index (χ3v) is 6.31. The monoisotopic (exact) mass is 557 g/mol. The number of hydrogen-bond donors (Lipinski definition) is 4. The van der Waals surface area contributed by atoms with Gasteiger partial charge in [0, 0.05) is 44.3 Å². The molecule has 1 aliphatic heterocycles. The molecule has 2 aliphatic rings. The largest absolute Gasteiger partial charge is 0.508 e. The molecule has 0 atom stereocenters. The summed E-state index contributed by atoms with van der Waals surface area (Å²) in [6.07, 6.45) is 9.39. The Kier molecular flexibility index (Phi) is 12.2. The number of nitrogens with zero attached hydrogens (tertiary/aromatic N) is 2. The first-order chi connectivity index (χ1) is 15.1. The average Bonchev–Trinajstić information content (AvgIpc) is 2.79. The Labute approximate surface area is 209 Å². The molecule has 1 saturated heterocycles. The maximum Gasteiger partial charge on any atom is 0.251 e. The van der Waals surface area contributed by atoms with E-state index in [4.69, 9.17) is 0 Å². The van der Waals surface area contributed by atoms with Crippen molar-refractivity contribution in [1.29, 1.82) is 0 Å². The highest BCUT2D eigenvalue weighted by Gasteiger charge is 2.23. The number of likely N-dealkylation sites (tertiary alicyclic amines) is 1. The molecule has 1 amide bonds. The summed E-state index contributed by atoms with van der Waals surface area (Å²) >= 11 is 0. The molecule has 0 unspecified atom stereocenters. The lowest BCUT2D eigenvalue weighted by Gasteiger charge is -2.36. The molecule has 3 rings (SSSR count). The van der Waals surface area contributed by atoms with E-state index in [1.165, 1.54) is 50.8 Å². The smallest absolute Gasteiger partial charge is 0.251 e. The minimum atomic E-state index is -0.154. The first-order valence-corrected chi connectivity index (χ1v) is 12.0. The van der Waals surface area contributed by atoms with Crippen LogP contribution in [-0.2, 0) is 0 Å². The fourth-order valence-electron chi connectivity index (χ4n) is 4.56. The summed E-state index contributed by atoms with van der Waals surface area (Å²) < 4.78 is 0.